The topological polar surface area (TPSA) is 98.8 Å². The number of imidazole rings is 2. The SMILES string of the molecule is COc1ccc(-c2nc3nc(-c4nc5nccc(N6CCN(C)CC6)c5[nH]4)ccc3[nH]2)cc1. The van der Waals surface area contributed by atoms with E-state index in [2.05, 4.69) is 37.9 Å². The molecular formula is C24H24N8O. The predicted octanol–water partition coefficient (Wildman–Crippen LogP) is 3.32. The van der Waals surface area contributed by atoms with Crippen molar-refractivity contribution >= 4 is 28.0 Å². The van der Waals surface area contributed by atoms with Crippen molar-refractivity contribution in [2.75, 3.05) is 45.2 Å². The van der Waals surface area contributed by atoms with Crippen LogP contribution in [0.25, 0.3) is 45.2 Å². The zero-order valence-electron chi connectivity index (χ0n) is 18.5. The maximum Gasteiger partial charge on any atom is 0.180 e. The number of methoxy groups -OCH3 is 1. The minimum absolute atomic E-state index is 0.644. The first kappa shape index (κ1) is 19.7. The molecule has 5 aromatic rings. The summed E-state index contributed by atoms with van der Waals surface area (Å²) in [4.78, 5) is 30.2. The fourth-order valence-electron chi connectivity index (χ4n) is 4.24. The number of pyridine rings is 2. The molecule has 33 heavy (non-hydrogen) atoms. The number of hydrogen-bond acceptors (Lipinski definition) is 7. The molecular weight excluding hydrogens is 416 g/mol. The number of benzene rings is 1. The molecule has 0 saturated carbocycles. The highest BCUT2D eigenvalue weighted by Crippen LogP contribution is 2.28. The van der Waals surface area contributed by atoms with Crippen LogP contribution in [0, 0.1) is 0 Å². The fourth-order valence-corrected chi connectivity index (χ4v) is 4.24. The van der Waals surface area contributed by atoms with E-state index in [1.807, 2.05) is 42.6 Å². The molecule has 1 aromatic carbocycles. The summed E-state index contributed by atoms with van der Waals surface area (Å²) in [6.45, 7) is 4.04. The lowest BCUT2D eigenvalue weighted by atomic mass is 10.2. The van der Waals surface area contributed by atoms with E-state index >= 15 is 0 Å². The maximum atomic E-state index is 5.24. The zero-order chi connectivity index (χ0) is 22.4. The van der Waals surface area contributed by atoms with Crippen molar-refractivity contribution in [2.24, 2.45) is 0 Å². The van der Waals surface area contributed by atoms with Gasteiger partial charge in [-0.3, -0.25) is 0 Å². The number of aromatic amines is 2. The molecule has 0 aliphatic carbocycles. The summed E-state index contributed by atoms with van der Waals surface area (Å²) in [5.41, 5.74) is 6.00. The number of nitrogens with zero attached hydrogens (tertiary/aromatic N) is 6. The van der Waals surface area contributed by atoms with E-state index < -0.39 is 0 Å². The number of ether oxygens (including phenoxy) is 1. The lowest BCUT2D eigenvalue weighted by Crippen LogP contribution is -2.44. The van der Waals surface area contributed by atoms with Gasteiger partial charge in [-0.05, 0) is 49.5 Å². The molecule has 166 valence electrons. The van der Waals surface area contributed by atoms with E-state index in [1.54, 1.807) is 7.11 Å². The highest BCUT2D eigenvalue weighted by atomic mass is 16.5. The van der Waals surface area contributed by atoms with Crippen LogP contribution in [0.15, 0.2) is 48.7 Å². The van der Waals surface area contributed by atoms with Gasteiger partial charge in [0.05, 0.1) is 18.3 Å². The standard InChI is InChI=1S/C24H24N8O/c1-31-11-13-32(14-12-31)19-9-10-25-24-20(19)28-23(30-24)18-8-7-17-22(27-18)29-21(26-17)15-3-5-16(33-2)6-4-15/h3-10H,11-14H2,1-2H3,(H,25,28,30)(H,26,27,29). The summed E-state index contributed by atoms with van der Waals surface area (Å²) < 4.78 is 5.24. The molecule has 0 spiro atoms. The molecule has 0 atom stereocenters. The van der Waals surface area contributed by atoms with Crippen LogP contribution in [0.5, 0.6) is 5.75 Å². The van der Waals surface area contributed by atoms with Crippen LogP contribution < -0.4 is 9.64 Å². The second kappa shape index (κ2) is 7.86. The van der Waals surface area contributed by atoms with Gasteiger partial charge < -0.3 is 24.5 Å². The molecule has 4 aromatic heterocycles. The van der Waals surface area contributed by atoms with Crippen LogP contribution in [0.2, 0.25) is 0 Å². The average molecular weight is 441 g/mol. The number of fused-ring (bicyclic) bond motifs is 2. The van der Waals surface area contributed by atoms with Gasteiger partial charge in [0.2, 0.25) is 0 Å². The number of piperazine rings is 1. The molecule has 2 N–H and O–H groups in total. The monoisotopic (exact) mass is 440 g/mol. The van der Waals surface area contributed by atoms with E-state index in [0.29, 0.717) is 17.1 Å². The minimum atomic E-state index is 0.644. The quantitative estimate of drug-likeness (QED) is 0.442. The Labute approximate surface area is 190 Å². The van der Waals surface area contributed by atoms with Gasteiger partial charge >= 0.3 is 0 Å². The molecule has 0 unspecified atom stereocenters. The van der Waals surface area contributed by atoms with Crippen LogP contribution in [0.3, 0.4) is 0 Å². The first-order valence-electron chi connectivity index (χ1n) is 11.0. The summed E-state index contributed by atoms with van der Waals surface area (Å²) in [5.74, 6) is 2.26. The number of aromatic nitrogens is 6. The van der Waals surface area contributed by atoms with Crippen molar-refractivity contribution in [3.05, 3.63) is 48.7 Å². The largest absolute Gasteiger partial charge is 0.497 e. The molecule has 5 heterocycles. The molecule has 1 aliphatic heterocycles. The number of anilines is 1. The molecule has 9 heteroatoms. The zero-order valence-corrected chi connectivity index (χ0v) is 18.5. The highest BCUT2D eigenvalue weighted by Gasteiger charge is 2.19. The Morgan fingerprint density at radius 1 is 0.818 bits per heavy atom. The molecule has 6 rings (SSSR count). The van der Waals surface area contributed by atoms with Crippen molar-refractivity contribution in [3.8, 4) is 28.7 Å². The van der Waals surface area contributed by atoms with E-state index in [1.165, 1.54) is 0 Å². The Kier molecular flexibility index (Phi) is 4.69. The van der Waals surface area contributed by atoms with Crippen LogP contribution in [0.4, 0.5) is 5.69 Å². The van der Waals surface area contributed by atoms with Gasteiger partial charge in [0, 0.05) is 37.9 Å². The van der Waals surface area contributed by atoms with Gasteiger partial charge in [-0.1, -0.05) is 0 Å². The Bertz CT molecular complexity index is 1430. The number of rotatable bonds is 4. The Morgan fingerprint density at radius 3 is 2.39 bits per heavy atom. The van der Waals surface area contributed by atoms with Crippen molar-refractivity contribution in [2.45, 2.75) is 0 Å². The average Bonchev–Trinajstić information content (AvgIpc) is 3.48. The number of H-pyrrole nitrogens is 2. The lowest BCUT2D eigenvalue weighted by molar-refractivity contribution is 0.313. The van der Waals surface area contributed by atoms with Gasteiger partial charge in [0.25, 0.3) is 0 Å². The molecule has 1 fully saturated rings. The molecule has 0 amide bonds. The Balaban J connectivity index is 1.35. The molecule has 0 radical (unpaired) electrons. The van der Waals surface area contributed by atoms with Crippen LogP contribution in [-0.2, 0) is 0 Å². The minimum Gasteiger partial charge on any atom is -0.497 e. The molecule has 1 aliphatic rings. The third-order valence-corrected chi connectivity index (χ3v) is 6.17. The summed E-state index contributed by atoms with van der Waals surface area (Å²) in [5, 5.41) is 0. The van der Waals surface area contributed by atoms with E-state index in [9.17, 15) is 0 Å². The second-order valence-corrected chi connectivity index (χ2v) is 8.29. The van der Waals surface area contributed by atoms with Crippen molar-refractivity contribution in [3.63, 3.8) is 0 Å². The highest BCUT2D eigenvalue weighted by molar-refractivity contribution is 5.88. The summed E-state index contributed by atoms with van der Waals surface area (Å²) in [6, 6.07) is 13.8. The van der Waals surface area contributed by atoms with Gasteiger partial charge in [0.15, 0.2) is 17.1 Å². The third kappa shape index (κ3) is 3.56. The van der Waals surface area contributed by atoms with Crippen molar-refractivity contribution in [1.29, 1.82) is 0 Å². The normalized spacial score (nSPS) is 14.9. The lowest BCUT2D eigenvalue weighted by Gasteiger charge is -2.34. The van der Waals surface area contributed by atoms with E-state index in [0.717, 1.165) is 65.7 Å². The van der Waals surface area contributed by atoms with Crippen molar-refractivity contribution in [1.82, 2.24) is 34.8 Å². The van der Waals surface area contributed by atoms with Gasteiger partial charge in [-0.25, -0.2) is 19.9 Å². The number of likely N-dealkylation sites (N-methyl/N-ethyl adjacent to an activating group) is 1. The number of hydrogen-bond donors (Lipinski definition) is 2. The smallest absolute Gasteiger partial charge is 0.180 e. The van der Waals surface area contributed by atoms with E-state index in [4.69, 9.17) is 19.7 Å². The third-order valence-electron chi connectivity index (χ3n) is 6.17. The van der Waals surface area contributed by atoms with E-state index in [-0.39, 0.29) is 0 Å². The second-order valence-electron chi connectivity index (χ2n) is 8.29. The Morgan fingerprint density at radius 2 is 1.61 bits per heavy atom. The Hall–Kier alpha value is -3.98. The predicted molar refractivity (Wildman–Crippen MR) is 128 cm³/mol. The van der Waals surface area contributed by atoms with Gasteiger partial charge in [-0.2, -0.15) is 0 Å². The maximum absolute atomic E-state index is 5.24. The number of nitrogens with one attached hydrogen (secondary N) is 2. The summed E-state index contributed by atoms with van der Waals surface area (Å²) in [7, 11) is 3.81. The summed E-state index contributed by atoms with van der Waals surface area (Å²) in [6.07, 6.45) is 1.83. The fraction of sp³-hybridized carbons (Fsp3) is 0.250. The first-order valence-corrected chi connectivity index (χ1v) is 11.0. The van der Waals surface area contributed by atoms with Crippen LogP contribution >= 0.6 is 0 Å². The van der Waals surface area contributed by atoms with Crippen molar-refractivity contribution < 1.29 is 4.74 Å². The van der Waals surface area contributed by atoms with Gasteiger partial charge in [0.1, 0.15) is 22.8 Å². The van der Waals surface area contributed by atoms with Crippen LogP contribution in [-0.4, -0.2) is 75.1 Å². The van der Waals surface area contributed by atoms with Crippen LogP contribution in [0.1, 0.15) is 0 Å². The molecule has 0 bridgehead atoms. The first-order chi connectivity index (χ1) is 16.2. The summed E-state index contributed by atoms with van der Waals surface area (Å²) >= 11 is 0. The molecule has 1 saturated heterocycles. The van der Waals surface area contributed by atoms with Gasteiger partial charge in [-0.15, -0.1) is 0 Å². The molecule has 9 nitrogen and oxygen atoms in total.